The van der Waals surface area contributed by atoms with Crippen LogP contribution in [0.15, 0.2) is 64.9 Å². The van der Waals surface area contributed by atoms with Gasteiger partial charge in [-0.1, -0.05) is 36.4 Å². The quantitative estimate of drug-likeness (QED) is 0.560. The second-order valence-corrected chi connectivity index (χ2v) is 9.98. The highest BCUT2D eigenvalue weighted by Gasteiger charge is 2.18. The van der Waals surface area contributed by atoms with Crippen LogP contribution in [0, 0.1) is 0 Å². The lowest BCUT2D eigenvalue weighted by atomic mass is 10.1. The molecule has 6 nitrogen and oxygen atoms in total. The van der Waals surface area contributed by atoms with E-state index in [0.717, 1.165) is 41.1 Å². The summed E-state index contributed by atoms with van der Waals surface area (Å²) in [6, 6.07) is 13.7. The van der Waals surface area contributed by atoms with Crippen LogP contribution < -0.4 is 10.3 Å². The van der Waals surface area contributed by atoms with Gasteiger partial charge in [0.15, 0.2) is 9.84 Å². The summed E-state index contributed by atoms with van der Waals surface area (Å²) in [5.41, 5.74) is 1.68. The topological polar surface area (TPSA) is 78.3 Å². The third-order valence-corrected chi connectivity index (χ3v) is 6.19. The van der Waals surface area contributed by atoms with Gasteiger partial charge in [-0.25, -0.2) is 13.4 Å². The maximum Gasteiger partial charge on any atom is 0.260 e. The lowest BCUT2D eigenvalue weighted by molar-refractivity contribution is 0.202. The Labute approximate surface area is 182 Å². The van der Waals surface area contributed by atoms with Crippen LogP contribution in [0.1, 0.15) is 36.9 Å². The molecule has 1 aromatic carbocycles. The first-order valence-electron chi connectivity index (χ1n) is 10.5. The molecule has 0 bridgehead atoms. The van der Waals surface area contributed by atoms with Gasteiger partial charge in [0.25, 0.3) is 5.56 Å². The molecular weight excluding hydrogens is 412 g/mol. The first-order valence-corrected chi connectivity index (χ1v) is 12.4. The molecule has 1 fully saturated rings. The molecule has 0 radical (unpaired) electrons. The predicted octanol–water partition coefficient (Wildman–Crippen LogP) is 3.87. The monoisotopic (exact) mass is 438 g/mol. The van der Waals surface area contributed by atoms with Crippen LogP contribution in [0.3, 0.4) is 0 Å². The van der Waals surface area contributed by atoms with Crippen LogP contribution in [-0.4, -0.2) is 30.3 Å². The average molecular weight is 439 g/mol. The Morgan fingerprint density at radius 3 is 2.61 bits per heavy atom. The van der Waals surface area contributed by atoms with Crippen molar-refractivity contribution in [3.63, 3.8) is 0 Å². The Balaban J connectivity index is 1.75. The minimum Gasteiger partial charge on any atom is -0.474 e. The second-order valence-electron chi connectivity index (χ2n) is 8.05. The standard InChI is InChI=1S/C24H26N2O4S/c1-31(28,29)13-7-12-26-20(14-18-8-3-2-4-9-18)15-19-16-23(25-17-22(19)24(26)27)30-21-10-5-6-11-21/h2-4,7-9,13,15-17,21H,5-6,10-12,14H2,1H3/b13-7+. The molecule has 2 heterocycles. The van der Waals surface area contributed by atoms with Crippen molar-refractivity contribution in [3.8, 4) is 5.88 Å². The number of rotatable bonds is 7. The van der Waals surface area contributed by atoms with Crippen molar-refractivity contribution in [2.75, 3.05) is 6.26 Å². The summed E-state index contributed by atoms with van der Waals surface area (Å²) in [4.78, 5) is 17.6. The highest BCUT2D eigenvalue weighted by Crippen LogP contribution is 2.25. The lowest BCUT2D eigenvalue weighted by Crippen LogP contribution is -2.24. The van der Waals surface area contributed by atoms with Gasteiger partial charge < -0.3 is 9.30 Å². The van der Waals surface area contributed by atoms with E-state index in [2.05, 4.69) is 4.98 Å². The molecule has 1 saturated carbocycles. The Morgan fingerprint density at radius 2 is 1.90 bits per heavy atom. The summed E-state index contributed by atoms with van der Waals surface area (Å²) < 4.78 is 30.6. The van der Waals surface area contributed by atoms with Gasteiger partial charge in [0.1, 0.15) is 6.10 Å². The van der Waals surface area contributed by atoms with Crippen LogP contribution in [0.5, 0.6) is 5.88 Å². The molecule has 0 atom stereocenters. The Hall–Kier alpha value is -2.93. The van der Waals surface area contributed by atoms with Crippen molar-refractivity contribution in [1.29, 1.82) is 0 Å². The highest BCUT2D eigenvalue weighted by molar-refractivity contribution is 7.93. The number of hydrogen-bond donors (Lipinski definition) is 0. The van der Waals surface area contributed by atoms with E-state index < -0.39 is 9.84 Å². The molecule has 3 aromatic rings. The van der Waals surface area contributed by atoms with E-state index in [4.69, 9.17) is 4.74 Å². The SMILES string of the molecule is CS(=O)(=O)/C=C/Cn1c(Cc2ccccc2)cc2cc(OC3CCCC3)ncc2c1=O. The van der Waals surface area contributed by atoms with Crippen LogP contribution in [0.4, 0.5) is 0 Å². The van der Waals surface area contributed by atoms with Gasteiger partial charge in [-0.2, -0.15) is 0 Å². The zero-order valence-corrected chi connectivity index (χ0v) is 18.3. The molecule has 0 spiro atoms. The van der Waals surface area contributed by atoms with E-state index in [0.29, 0.717) is 17.7 Å². The van der Waals surface area contributed by atoms with E-state index in [1.807, 2.05) is 42.5 Å². The van der Waals surface area contributed by atoms with Gasteiger partial charge in [0.2, 0.25) is 5.88 Å². The van der Waals surface area contributed by atoms with Gasteiger partial charge in [0, 0.05) is 42.6 Å². The molecule has 0 N–H and O–H groups in total. The summed E-state index contributed by atoms with van der Waals surface area (Å²) in [6.07, 6.45) is 9.35. The number of fused-ring (bicyclic) bond motifs is 1. The molecule has 0 saturated heterocycles. The molecule has 0 amide bonds. The third-order valence-electron chi connectivity index (χ3n) is 5.50. The van der Waals surface area contributed by atoms with E-state index in [-0.39, 0.29) is 18.2 Å². The summed E-state index contributed by atoms with van der Waals surface area (Å²) in [5, 5.41) is 2.40. The number of ether oxygens (including phenoxy) is 1. The highest BCUT2D eigenvalue weighted by atomic mass is 32.2. The second kappa shape index (κ2) is 9.06. The first kappa shape index (κ1) is 21.3. The maximum atomic E-state index is 13.2. The minimum absolute atomic E-state index is 0.171. The van der Waals surface area contributed by atoms with Gasteiger partial charge in [-0.15, -0.1) is 0 Å². The molecule has 0 unspecified atom stereocenters. The first-order chi connectivity index (χ1) is 14.9. The van der Waals surface area contributed by atoms with Gasteiger partial charge in [-0.05, 0) is 42.7 Å². The fourth-order valence-corrected chi connectivity index (χ4v) is 4.43. The van der Waals surface area contributed by atoms with Crippen molar-refractivity contribution in [2.24, 2.45) is 0 Å². The van der Waals surface area contributed by atoms with E-state index in [1.54, 1.807) is 10.8 Å². The average Bonchev–Trinajstić information content (AvgIpc) is 3.23. The predicted molar refractivity (Wildman–Crippen MR) is 122 cm³/mol. The number of allylic oxidation sites excluding steroid dienone is 1. The zero-order valence-electron chi connectivity index (χ0n) is 17.5. The normalized spacial score (nSPS) is 15.1. The molecule has 1 aliphatic rings. The van der Waals surface area contributed by atoms with Crippen molar-refractivity contribution in [2.45, 2.75) is 44.8 Å². The Bertz CT molecular complexity index is 1260. The molecule has 4 rings (SSSR count). The van der Waals surface area contributed by atoms with Gasteiger partial charge in [0.05, 0.1) is 5.39 Å². The molecule has 0 aliphatic heterocycles. The number of aromatic nitrogens is 2. The summed E-state index contributed by atoms with van der Waals surface area (Å²) in [5.74, 6) is 0.541. The summed E-state index contributed by atoms with van der Waals surface area (Å²) in [6.45, 7) is 0.171. The fourth-order valence-electron chi connectivity index (χ4n) is 4.00. The van der Waals surface area contributed by atoms with Gasteiger partial charge >= 0.3 is 0 Å². The van der Waals surface area contributed by atoms with Crippen molar-refractivity contribution in [1.82, 2.24) is 9.55 Å². The van der Waals surface area contributed by atoms with Crippen LogP contribution >= 0.6 is 0 Å². The van der Waals surface area contributed by atoms with E-state index >= 15 is 0 Å². The summed E-state index contributed by atoms with van der Waals surface area (Å²) >= 11 is 0. The zero-order chi connectivity index (χ0) is 21.8. The number of nitrogens with zero attached hydrogens (tertiary/aromatic N) is 2. The Morgan fingerprint density at radius 1 is 1.16 bits per heavy atom. The van der Waals surface area contributed by atoms with Crippen LogP contribution in [0.2, 0.25) is 0 Å². The number of sulfone groups is 1. The number of benzene rings is 1. The van der Waals surface area contributed by atoms with E-state index in [9.17, 15) is 13.2 Å². The molecule has 162 valence electrons. The third kappa shape index (κ3) is 5.41. The largest absolute Gasteiger partial charge is 0.474 e. The molecule has 1 aliphatic carbocycles. The van der Waals surface area contributed by atoms with Gasteiger partial charge in [-0.3, -0.25) is 4.79 Å². The minimum atomic E-state index is -3.26. The smallest absolute Gasteiger partial charge is 0.260 e. The van der Waals surface area contributed by atoms with Crippen molar-refractivity contribution < 1.29 is 13.2 Å². The number of hydrogen-bond acceptors (Lipinski definition) is 5. The van der Waals surface area contributed by atoms with E-state index in [1.165, 1.54) is 18.9 Å². The molecule has 7 heteroatoms. The van der Waals surface area contributed by atoms with Crippen LogP contribution in [-0.2, 0) is 22.8 Å². The Kier molecular flexibility index (Phi) is 6.23. The van der Waals surface area contributed by atoms with Crippen molar-refractivity contribution >= 4 is 20.6 Å². The van der Waals surface area contributed by atoms with Crippen molar-refractivity contribution in [3.05, 3.63) is 81.8 Å². The maximum absolute atomic E-state index is 13.2. The summed E-state index contributed by atoms with van der Waals surface area (Å²) in [7, 11) is -3.26. The van der Waals surface area contributed by atoms with Crippen LogP contribution in [0.25, 0.3) is 10.8 Å². The molecule has 31 heavy (non-hydrogen) atoms. The lowest BCUT2D eigenvalue weighted by Gasteiger charge is -2.15. The molecular formula is C24H26N2O4S. The molecule has 2 aromatic heterocycles. The fraction of sp³-hybridized carbons (Fsp3) is 0.333. The number of pyridine rings is 2.